The molecule has 1 N–H and O–H groups in total. The number of rotatable bonds is 1. The lowest BCUT2D eigenvalue weighted by atomic mass is 9.39. The number of nitrogens with one attached hydrogen (secondary N) is 1. The number of benzene rings is 1. The third-order valence-corrected chi connectivity index (χ3v) is 8.60. The summed E-state index contributed by atoms with van der Waals surface area (Å²) in [4.78, 5) is 15.7. The van der Waals surface area contributed by atoms with E-state index in [1.807, 2.05) is 0 Å². The van der Waals surface area contributed by atoms with Crippen molar-refractivity contribution < 1.29 is 9.53 Å². The monoisotopic (exact) mass is 338 g/mol. The zero-order valence-corrected chi connectivity index (χ0v) is 14.9. The Hall–Kier alpha value is -1.55. The van der Waals surface area contributed by atoms with Crippen molar-refractivity contribution in [1.29, 1.82) is 0 Å². The Bertz CT molecular complexity index is 779. The molecule has 5 fully saturated rings. The number of esters is 1. The molecule has 3 aliphatic carbocycles. The fraction of sp³-hybridized carbons (Fsp3) is 0.667. The van der Waals surface area contributed by atoms with Crippen molar-refractivity contribution in [3.05, 3.63) is 29.8 Å². The number of nitrogens with zero attached hydrogens (tertiary/aromatic N) is 1. The van der Waals surface area contributed by atoms with Crippen LogP contribution in [0, 0.1) is 11.3 Å². The van der Waals surface area contributed by atoms with Gasteiger partial charge in [-0.3, -0.25) is 9.69 Å². The van der Waals surface area contributed by atoms with E-state index in [-0.39, 0.29) is 22.8 Å². The molecule has 4 nitrogen and oxygen atoms in total. The van der Waals surface area contributed by atoms with Crippen LogP contribution in [-0.4, -0.2) is 42.6 Å². The summed E-state index contributed by atoms with van der Waals surface area (Å²) < 4.78 is 5.33. The second-order valence-electron chi connectivity index (χ2n) is 9.05. The van der Waals surface area contributed by atoms with Crippen LogP contribution >= 0.6 is 0 Å². The van der Waals surface area contributed by atoms with Gasteiger partial charge in [0.05, 0.1) is 18.6 Å². The highest BCUT2D eigenvalue weighted by molar-refractivity contribution is 5.80. The predicted molar refractivity (Wildman–Crippen MR) is 95.5 cm³/mol. The minimum atomic E-state index is -0.151. The molecule has 0 radical (unpaired) electrons. The fourth-order valence-electron chi connectivity index (χ4n) is 8.03. The molecule has 3 saturated carbocycles. The van der Waals surface area contributed by atoms with Crippen LogP contribution in [0.5, 0.6) is 0 Å². The number of ether oxygens (including phenoxy) is 1. The first-order valence-corrected chi connectivity index (χ1v) is 9.87. The van der Waals surface area contributed by atoms with Gasteiger partial charge in [-0.25, -0.2) is 0 Å². The van der Waals surface area contributed by atoms with E-state index in [4.69, 9.17) is 4.74 Å². The van der Waals surface area contributed by atoms with E-state index < -0.39 is 0 Å². The van der Waals surface area contributed by atoms with Crippen LogP contribution in [0.25, 0.3) is 0 Å². The van der Waals surface area contributed by atoms with E-state index in [0.29, 0.717) is 11.5 Å². The highest BCUT2D eigenvalue weighted by Gasteiger charge is 2.78. The zero-order chi connectivity index (χ0) is 16.9. The van der Waals surface area contributed by atoms with Crippen LogP contribution in [-0.2, 0) is 14.9 Å². The average molecular weight is 338 g/mol. The lowest BCUT2D eigenvalue weighted by Crippen LogP contribution is -2.76. The highest BCUT2D eigenvalue weighted by Crippen LogP contribution is 2.74. The second-order valence-corrected chi connectivity index (χ2v) is 9.05. The Balaban J connectivity index is 1.65. The third-order valence-electron chi connectivity index (χ3n) is 8.60. The van der Waals surface area contributed by atoms with E-state index in [1.165, 1.54) is 50.0 Å². The van der Waals surface area contributed by atoms with Gasteiger partial charge in [-0.2, -0.15) is 0 Å². The number of carbonyl (C=O) groups excluding carboxylic acids is 1. The van der Waals surface area contributed by atoms with E-state index in [2.05, 4.69) is 34.5 Å². The van der Waals surface area contributed by atoms with Gasteiger partial charge in [-0.1, -0.05) is 18.2 Å². The van der Waals surface area contributed by atoms with Gasteiger partial charge in [0.15, 0.2) is 0 Å². The lowest BCUT2D eigenvalue weighted by molar-refractivity contribution is -0.171. The Morgan fingerprint density at radius 2 is 2.08 bits per heavy atom. The molecule has 1 aromatic rings. The van der Waals surface area contributed by atoms with Gasteiger partial charge in [0.1, 0.15) is 0 Å². The van der Waals surface area contributed by atoms with E-state index >= 15 is 0 Å². The number of carbonyl (C=O) groups is 1. The van der Waals surface area contributed by atoms with Gasteiger partial charge in [-0.05, 0) is 68.7 Å². The summed E-state index contributed by atoms with van der Waals surface area (Å²) in [5.41, 5.74) is 2.97. The molecule has 3 aliphatic heterocycles. The third kappa shape index (κ3) is 1.38. The van der Waals surface area contributed by atoms with Gasteiger partial charge in [0.2, 0.25) is 0 Å². The van der Waals surface area contributed by atoms with Crippen LogP contribution in [0.3, 0.4) is 0 Å². The maximum absolute atomic E-state index is 12.9. The number of piperidine rings is 1. The molecule has 3 heterocycles. The maximum Gasteiger partial charge on any atom is 0.311 e. The van der Waals surface area contributed by atoms with Crippen molar-refractivity contribution >= 4 is 11.7 Å². The minimum Gasteiger partial charge on any atom is -0.469 e. The summed E-state index contributed by atoms with van der Waals surface area (Å²) in [5, 5.41) is 3.92. The number of hydrogen-bond donors (Lipinski definition) is 1. The Kier molecular flexibility index (Phi) is 2.57. The number of hydrogen-bond acceptors (Lipinski definition) is 4. The molecule has 4 heteroatoms. The smallest absolute Gasteiger partial charge is 0.311 e. The highest BCUT2D eigenvalue weighted by atomic mass is 16.5. The van der Waals surface area contributed by atoms with Crippen molar-refractivity contribution in [3.63, 3.8) is 0 Å². The van der Waals surface area contributed by atoms with E-state index in [1.54, 1.807) is 7.11 Å². The molecule has 0 amide bonds. The average Bonchev–Trinajstić information content (AvgIpc) is 3.19. The second kappa shape index (κ2) is 4.40. The first-order chi connectivity index (χ1) is 12.2. The van der Waals surface area contributed by atoms with Crippen molar-refractivity contribution in [1.82, 2.24) is 4.90 Å². The van der Waals surface area contributed by atoms with Gasteiger partial charge in [0.25, 0.3) is 0 Å². The van der Waals surface area contributed by atoms with E-state index in [0.717, 1.165) is 12.8 Å². The van der Waals surface area contributed by atoms with Crippen LogP contribution in [0.2, 0.25) is 0 Å². The fourth-order valence-corrected chi connectivity index (χ4v) is 8.03. The van der Waals surface area contributed by atoms with E-state index in [9.17, 15) is 4.79 Å². The predicted octanol–water partition coefficient (Wildman–Crippen LogP) is 2.93. The van der Waals surface area contributed by atoms with Gasteiger partial charge >= 0.3 is 5.97 Å². The zero-order valence-electron chi connectivity index (χ0n) is 14.9. The van der Waals surface area contributed by atoms with Crippen LogP contribution in [0.1, 0.15) is 44.1 Å². The summed E-state index contributed by atoms with van der Waals surface area (Å²) >= 11 is 0. The van der Waals surface area contributed by atoms with Crippen molar-refractivity contribution in [2.24, 2.45) is 11.3 Å². The SMILES string of the molecule is COC(=O)[C@H]1C[C@]23CCCN4CC[C@@]5(c6ccccc6N[C@@]15CC2)[C@@H]43. The molecule has 2 saturated heterocycles. The van der Waals surface area contributed by atoms with Crippen LogP contribution < -0.4 is 5.32 Å². The van der Waals surface area contributed by atoms with Crippen molar-refractivity contribution in [2.45, 2.75) is 55.5 Å². The molecule has 0 aromatic heterocycles. The molecule has 0 unspecified atom stereocenters. The molecule has 5 atom stereocenters. The topological polar surface area (TPSA) is 41.6 Å². The van der Waals surface area contributed by atoms with Crippen LogP contribution in [0.4, 0.5) is 5.69 Å². The van der Waals surface area contributed by atoms with Gasteiger partial charge in [-0.15, -0.1) is 0 Å². The molecule has 25 heavy (non-hydrogen) atoms. The molecular weight excluding hydrogens is 312 g/mol. The standard InChI is InChI=1S/C21H26N2O2/c1-25-17(24)15-13-19-7-4-11-23-12-10-20(18(19)23)14-5-2-3-6-16(14)22-21(15,20)9-8-19/h2-3,5-6,15,18,22H,4,7-13H2,1H3/t15-,18+,19+,20-,21+/m1/s1. The normalized spacial score (nSPS) is 46.1. The number of para-hydroxylation sites is 1. The number of fused-ring (bicyclic) bond motifs is 3. The van der Waals surface area contributed by atoms with Crippen LogP contribution in [0.15, 0.2) is 24.3 Å². The Morgan fingerprint density at radius 1 is 1.20 bits per heavy atom. The van der Waals surface area contributed by atoms with Crippen molar-refractivity contribution in [3.8, 4) is 0 Å². The summed E-state index contributed by atoms with van der Waals surface area (Å²) in [5.74, 6) is -0.0193. The summed E-state index contributed by atoms with van der Waals surface area (Å²) in [7, 11) is 1.56. The molecular formula is C21H26N2O2. The summed E-state index contributed by atoms with van der Waals surface area (Å²) in [6, 6.07) is 9.45. The number of methoxy groups -OCH3 is 1. The quantitative estimate of drug-likeness (QED) is 0.800. The molecule has 1 aromatic carbocycles. The molecule has 6 aliphatic rings. The first kappa shape index (κ1) is 14.6. The minimum absolute atomic E-state index is 0.00114. The van der Waals surface area contributed by atoms with Gasteiger partial charge < -0.3 is 10.1 Å². The Morgan fingerprint density at radius 3 is 2.96 bits per heavy atom. The molecule has 7 rings (SSSR count). The molecule has 2 bridgehead atoms. The van der Waals surface area contributed by atoms with Crippen molar-refractivity contribution in [2.75, 3.05) is 25.5 Å². The number of anilines is 1. The Labute approximate surface area is 148 Å². The summed E-state index contributed by atoms with van der Waals surface area (Å²) in [6.07, 6.45) is 7.10. The largest absolute Gasteiger partial charge is 0.469 e. The maximum atomic E-state index is 12.9. The lowest BCUT2D eigenvalue weighted by Gasteiger charge is -2.69. The van der Waals surface area contributed by atoms with Gasteiger partial charge in [0, 0.05) is 17.1 Å². The molecule has 132 valence electrons. The molecule has 3 spiro atoms. The summed E-state index contributed by atoms with van der Waals surface area (Å²) in [6.45, 7) is 2.41. The first-order valence-electron chi connectivity index (χ1n) is 9.87.